The summed E-state index contributed by atoms with van der Waals surface area (Å²) in [5.41, 5.74) is 0.410. The van der Waals surface area contributed by atoms with Crippen LogP contribution in [0.2, 0.25) is 0 Å². The topological polar surface area (TPSA) is 105 Å². The van der Waals surface area contributed by atoms with Crippen LogP contribution in [-0.4, -0.2) is 54.4 Å². The van der Waals surface area contributed by atoms with Gasteiger partial charge in [-0.05, 0) is 25.8 Å². The standard InChI is InChI=1S/C16H22N4O4/c1-11-4-3-5-13(15(11)20(23)24)16(22)18-12-6-8-19(9-7-12)10-14(21)17-2/h3-5,12H,6-10H2,1-2H3,(H,17,21)(H,18,22). The number of likely N-dealkylation sites (N-methyl/N-ethyl adjacent to an activating group) is 1. The van der Waals surface area contributed by atoms with Gasteiger partial charge in [0.15, 0.2) is 0 Å². The van der Waals surface area contributed by atoms with Gasteiger partial charge in [-0.25, -0.2) is 0 Å². The predicted octanol–water partition coefficient (Wildman–Crippen LogP) is 0.843. The molecule has 0 bridgehead atoms. The molecule has 1 aromatic rings. The Morgan fingerprint density at radius 1 is 1.33 bits per heavy atom. The third-order valence-electron chi connectivity index (χ3n) is 4.23. The van der Waals surface area contributed by atoms with Gasteiger partial charge in [0, 0.05) is 31.7 Å². The van der Waals surface area contributed by atoms with E-state index in [4.69, 9.17) is 0 Å². The van der Waals surface area contributed by atoms with Crippen molar-refractivity contribution in [2.75, 3.05) is 26.7 Å². The molecule has 1 aliphatic heterocycles. The summed E-state index contributed by atoms with van der Waals surface area (Å²) in [6.45, 7) is 3.37. The molecule has 0 unspecified atom stereocenters. The van der Waals surface area contributed by atoms with Crippen molar-refractivity contribution in [1.29, 1.82) is 0 Å². The van der Waals surface area contributed by atoms with Crippen LogP contribution in [0.5, 0.6) is 0 Å². The Balaban J connectivity index is 1.96. The highest BCUT2D eigenvalue weighted by Crippen LogP contribution is 2.23. The Morgan fingerprint density at radius 2 is 2.00 bits per heavy atom. The maximum atomic E-state index is 12.4. The summed E-state index contributed by atoms with van der Waals surface area (Å²) in [5.74, 6) is -0.456. The normalized spacial score (nSPS) is 15.8. The molecule has 0 aromatic heterocycles. The van der Waals surface area contributed by atoms with Gasteiger partial charge in [-0.15, -0.1) is 0 Å². The van der Waals surface area contributed by atoms with Crippen molar-refractivity contribution in [3.05, 3.63) is 39.4 Å². The number of para-hydroxylation sites is 1. The molecular formula is C16H22N4O4. The highest BCUT2D eigenvalue weighted by Gasteiger charge is 2.26. The van der Waals surface area contributed by atoms with Crippen molar-refractivity contribution >= 4 is 17.5 Å². The third-order valence-corrected chi connectivity index (χ3v) is 4.23. The molecule has 0 aliphatic carbocycles. The highest BCUT2D eigenvalue weighted by atomic mass is 16.6. The summed E-state index contributed by atoms with van der Waals surface area (Å²) in [6.07, 6.45) is 1.42. The van der Waals surface area contributed by atoms with Crippen molar-refractivity contribution < 1.29 is 14.5 Å². The van der Waals surface area contributed by atoms with Crippen LogP contribution < -0.4 is 10.6 Å². The van der Waals surface area contributed by atoms with Crippen LogP contribution >= 0.6 is 0 Å². The quantitative estimate of drug-likeness (QED) is 0.613. The number of nitro groups is 1. The lowest BCUT2D eigenvalue weighted by atomic mass is 10.0. The summed E-state index contributed by atoms with van der Waals surface area (Å²) in [7, 11) is 1.60. The monoisotopic (exact) mass is 334 g/mol. The zero-order valence-corrected chi connectivity index (χ0v) is 13.9. The first-order valence-corrected chi connectivity index (χ1v) is 7.90. The molecule has 8 nitrogen and oxygen atoms in total. The van der Waals surface area contributed by atoms with E-state index in [9.17, 15) is 19.7 Å². The SMILES string of the molecule is CNC(=O)CN1CCC(NC(=O)c2cccc(C)c2[N+](=O)[O-])CC1. The molecule has 2 amide bonds. The van der Waals surface area contributed by atoms with Gasteiger partial charge < -0.3 is 10.6 Å². The molecule has 1 saturated heterocycles. The lowest BCUT2D eigenvalue weighted by Gasteiger charge is -2.31. The molecule has 130 valence electrons. The van der Waals surface area contributed by atoms with Crippen molar-refractivity contribution in [2.45, 2.75) is 25.8 Å². The summed E-state index contributed by atoms with van der Waals surface area (Å²) in [5, 5.41) is 16.7. The van der Waals surface area contributed by atoms with E-state index in [-0.39, 0.29) is 23.2 Å². The number of carbonyl (C=O) groups excluding carboxylic acids is 2. The number of hydrogen-bond donors (Lipinski definition) is 2. The Kier molecular flexibility index (Phi) is 5.86. The molecule has 2 rings (SSSR count). The Hall–Kier alpha value is -2.48. The maximum Gasteiger partial charge on any atom is 0.285 e. The average Bonchev–Trinajstić information content (AvgIpc) is 2.55. The van der Waals surface area contributed by atoms with Gasteiger partial charge in [0.1, 0.15) is 5.56 Å². The number of likely N-dealkylation sites (tertiary alicyclic amines) is 1. The Morgan fingerprint density at radius 3 is 2.58 bits per heavy atom. The van der Waals surface area contributed by atoms with Crippen molar-refractivity contribution in [1.82, 2.24) is 15.5 Å². The second-order valence-corrected chi connectivity index (χ2v) is 5.93. The molecule has 1 heterocycles. The van der Waals surface area contributed by atoms with E-state index in [1.165, 1.54) is 6.07 Å². The smallest absolute Gasteiger partial charge is 0.285 e. The Bertz CT molecular complexity index is 639. The van der Waals surface area contributed by atoms with Crippen molar-refractivity contribution in [3.8, 4) is 0 Å². The second kappa shape index (κ2) is 7.87. The van der Waals surface area contributed by atoms with Gasteiger partial charge in [-0.1, -0.05) is 12.1 Å². The molecule has 8 heteroatoms. The third kappa shape index (κ3) is 4.29. The molecular weight excluding hydrogens is 312 g/mol. The van der Waals surface area contributed by atoms with Crippen molar-refractivity contribution in [3.63, 3.8) is 0 Å². The summed E-state index contributed by atoms with van der Waals surface area (Å²) < 4.78 is 0. The van der Waals surface area contributed by atoms with E-state index in [1.54, 1.807) is 26.1 Å². The summed E-state index contributed by atoms with van der Waals surface area (Å²) in [4.78, 5) is 36.5. The fourth-order valence-corrected chi connectivity index (χ4v) is 2.87. The Labute approximate surface area is 140 Å². The van der Waals surface area contributed by atoms with Gasteiger partial charge in [0.05, 0.1) is 11.5 Å². The van der Waals surface area contributed by atoms with Gasteiger partial charge >= 0.3 is 0 Å². The molecule has 0 spiro atoms. The van der Waals surface area contributed by atoms with Gasteiger partial charge in [0.25, 0.3) is 11.6 Å². The minimum absolute atomic E-state index is 0.0344. The van der Waals surface area contributed by atoms with Crippen LogP contribution in [-0.2, 0) is 4.79 Å². The first-order valence-electron chi connectivity index (χ1n) is 7.90. The average molecular weight is 334 g/mol. The first-order chi connectivity index (χ1) is 11.4. The number of hydrogen-bond acceptors (Lipinski definition) is 5. The van der Waals surface area contributed by atoms with E-state index >= 15 is 0 Å². The molecule has 0 atom stereocenters. The maximum absolute atomic E-state index is 12.4. The van der Waals surface area contributed by atoms with E-state index in [2.05, 4.69) is 10.6 Å². The fraction of sp³-hybridized carbons (Fsp3) is 0.500. The van der Waals surface area contributed by atoms with Crippen molar-refractivity contribution in [2.24, 2.45) is 0 Å². The van der Waals surface area contributed by atoms with Crippen LogP contribution in [0.1, 0.15) is 28.8 Å². The number of rotatable bonds is 5. The number of nitrogens with one attached hydrogen (secondary N) is 2. The van der Waals surface area contributed by atoms with E-state index < -0.39 is 10.8 Å². The number of nitro benzene ring substituents is 1. The first kappa shape index (κ1) is 17.9. The fourth-order valence-electron chi connectivity index (χ4n) is 2.87. The number of nitrogens with zero attached hydrogens (tertiary/aromatic N) is 2. The predicted molar refractivity (Wildman–Crippen MR) is 88.8 cm³/mol. The minimum atomic E-state index is -0.518. The van der Waals surface area contributed by atoms with Gasteiger partial charge in [-0.2, -0.15) is 0 Å². The molecule has 1 aromatic carbocycles. The van der Waals surface area contributed by atoms with Crippen LogP contribution in [0.3, 0.4) is 0 Å². The van der Waals surface area contributed by atoms with E-state index in [1.807, 2.05) is 4.90 Å². The summed E-state index contributed by atoms with van der Waals surface area (Å²) in [6, 6.07) is 4.69. The lowest BCUT2D eigenvalue weighted by Crippen LogP contribution is -2.47. The summed E-state index contributed by atoms with van der Waals surface area (Å²) >= 11 is 0. The van der Waals surface area contributed by atoms with Crippen LogP contribution in [0.4, 0.5) is 5.69 Å². The molecule has 0 radical (unpaired) electrons. The lowest BCUT2D eigenvalue weighted by molar-refractivity contribution is -0.385. The van der Waals surface area contributed by atoms with Crippen LogP contribution in [0.15, 0.2) is 18.2 Å². The minimum Gasteiger partial charge on any atom is -0.358 e. The number of piperidine rings is 1. The molecule has 24 heavy (non-hydrogen) atoms. The molecule has 1 fully saturated rings. The van der Waals surface area contributed by atoms with Gasteiger partial charge in [-0.3, -0.25) is 24.6 Å². The highest BCUT2D eigenvalue weighted by molar-refractivity contribution is 5.98. The second-order valence-electron chi connectivity index (χ2n) is 5.93. The van der Waals surface area contributed by atoms with Crippen LogP contribution in [0.25, 0.3) is 0 Å². The van der Waals surface area contributed by atoms with E-state index in [0.29, 0.717) is 38.0 Å². The largest absolute Gasteiger partial charge is 0.358 e. The van der Waals surface area contributed by atoms with E-state index in [0.717, 1.165) is 0 Å². The molecule has 1 aliphatic rings. The molecule has 2 N–H and O–H groups in total. The number of aryl methyl sites for hydroxylation is 1. The molecule has 0 saturated carbocycles. The van der Waals surface area contributed by atoms with Gasteiger partial charge in [0.2, 0.25) is 5.91 Å². The van der Waals surface area contributed by atoms with Crippen LogP contribution in [0, 0.1) is 17.0 Å². The number of carbonyl (C=O) groups is 2. The number of benzene rings is 1. The zero-order chi connectivity index (χ0) is 17.7. The zero-order valence-electron chi connectivity index (χ0n) is 13.9. The number of amides is 2.